The SMILES string of the molecule is O=C(NC(Cc1ccccc1Cl)C(=O)c1ccc(=O)[nH]c1)c1cc2ccccc2[nH]1. The molecule has 0 aliphatic rings. The maximum absolute atomic E-state index is 13.1. The Morgan fingerprint density at radius 1 is 1.00 bits per heavy atom. The van der Waals surface area contributed by atoms with Crippen LogP contribution in [-0.2, 0) is 6.42 Å². The molecule has 0 bridgehead atoms. The van der Waals surface area contributed by atoms with Gasteiger partial charge < -0.3 is 15.3 Å². The molecular formula is C23H18ClN3O3. The summed E-state index contributed by atoms with van der Waals surface area (Å²) < 4.78 is 0. The predicted octanol–water partition coefficient (Wildman–Crippen LogP) is 3.73. The molecule has 7 heteroatoms. The van der Waals surface area contributed by atoms with E-state index in [1.807, 2.05) is 36.4 Å². The molecule has 0 saturated heterocycles. The van der Waals surface area contributed by atoms with Gasteiger partial charge in [0.25, 0.3) is 5.91 Å². The maximum Gasteiger partial charge on any atom is 0.268 e. The molecule has 0 aliphatic carbocycles. The number of nitrogens with one attached hydrogen (secondary N) is 3. The lowest BCUT2D eigenvalue weighted by Gasteiger charge is -2.18. The fourth-order valence-corrected chi connectivity index (χ4v) is 3.50. The van der Waals surface area contributed by atoms with Gasteiger partial charge in [0.1, 0.15) is 5.69 Å². The summed E-state index contributed by atoms with van der Waals surface area (Å²) in [5, 5.41) is 4.22. The number of Topliss-reactive ketones (excluding diaryl/α,β-unsaturated/α-hetero) is 1. The summed E-state index contributed by atoms with van der Waals surface area (Å²) >= 11 is 6.27. The predicted molar refractivity (Wildman–Crippen MR) is 116 cm³/mol. The number of para-hydroxylation sites is 1. The Hall–Kier alpha value is -3.64. The van der Waals surface area contributed by atoms with Crippen LogP contribution in [0.25, 0.3) is 10.9 Å². The summed E-state index contributed by atoms with van der Waals surface area (Å²) in [6.07, 6.45) is 1.56. The molecule has 2 aromatic heterocycles. The molecule has 0 spiro atoms. The number of hydrogen-bond donors (Lipinski definition) is 3. The second kappa shape index (κ2) is 8.39. The zero-order chi connectivity index (χ0) is 21.1. The molecule has 0 aliphatic heterocycles. The van der Waals surface area contributed by atoms with Gasteiger partial charge in [0.2, 0.25) is 5.56 Å². The van der Waals surface area contributed by atoms with Crippen LogP contribution in [0.5, 0.6) is 0 Å². The third kappa shape index (κ3) is 4.18. The standard InChI is InChI=1S/C23H18ClN3O3/c24-17-7-3-1-5-14(17)11-19(22(29)16-9-10-21(28)25-13-16)27-23(30)20-12-15-6-2-4-8-18(15)26-20/h1-10,12-13,19,26H,11H2,(H,25,28)(H,27,30). The van der Waals surface area contributed by atoms with Crippen LogP contribution >= 0.6 is 11.6 Å². The lowest BCUT2D eigenvalue weighted by molar-refractivity contribution is 0.0854. The van der Waals surface area contributed by atoms with Crippen molar-refractivity contribution in [2.24, 2.45) is 0 Å². The third-order valence-electron chi connectivity index (χ3n) is 4.85. The summed E-state index contributed by atoms with van der Waals surface area (Å²) in [6.45, 7) is 0. The monoisotopic (exact) mass is 419 g/mol. The highest BCUT2D eigenvalue weighted by molar-refractivity contribution is 6.31. The van der Waals surface area contributed by atoms with Crippen LogP contribution in [0.2, 0.25) is 5.02 Å². The number of H-pyrrole nitrogens is 2. The number of fused-ring (bicyclic) bond motifs is 1. The molecule has 2 aromatic carbocycles. The smallest absolute Gasteiger partial charge is 0.268 e. The molecule has 4 aromatic rings. The number of aromatic amines is 2. The first kappa shape index (κ1) is 19.7. The Kier molecular flexibility index (Phi) is 5.50. The molecule has 30 heavy (non-hydrogen) atoms. The van der Waals surface area contributed by atoms with Crippen LogP contribution in [0, 0.1) is 0 Å². The number of carbonyl (C=O) groups is 2. The van der Waals surface area contributed by atoms with Gasteiger partial charge in [-0.15, -0.1) is 0 Å². The average Bonchev–Trinajstić information content (AvgIpc) is 3.19. The minimum Gasteiger partial charge on any atom is -0.351 e. The first-order valence-corrected chi connectivity index (χ1v) is 9.74. The van der Waals surface area contributed by atoms with Crippen molar-refractivity contribution in [3.05, 3.63) is 105 Å². The minimum absolute atomic E-state index is 0.212. The second-order valence-electron chi connectivity index (χ2n) is 6.90. The van der Waals surface area contributed by atoms with E-state index in [-0.39, 0.29) is 17.8 Å². The number of aromatic nitrogens is 2. The maximum atomic E-state index is 13.1. The Morgan fingerprint density at radius 2 is 1.77 bits per heavy atom. The van der Waals surface area contributed by atoms with Crippen LogP contribution in [0.4, 0.5) is 0 Å². The summed E-state index contributed by atoms with van der Waals surface area (Å²) in [6, 6.07) is 18.3. The van der Waals surface area contributed by atoms with E-state index in [1.165, 1.54) is 18.3 Å². The van der Waals surface area contributed by atoms with Gasteiger partial charge in [-0.1, -0.05) is 48.0 Å². The molecule has 1 atom stereocenters. The molecule has 0 fully saturated rings. The fourth-order valence-electron chi connectivity index (χ4n) is 3.29. The van der Waals surface area contributed by atoms with E-state index in [2.05, 4.69) is 15.3 Å². The highest BCUT2D eigenvalue weighted by Crippen LogP contribution is 2.19. The Balaban J connectivity index is 1.64. The number of rotatable bonds is 6. The van der Waals surface area contributed by atoms with Crippen molar-refractivity contribution in [1.82, 2.24) is 15.3 Å². The molecule has 2 heterocycles. The van der Waals surface area contributed by atoms with Crippen LogP contribution < -0.4 is 10.9 Å². The quantitative estimate of drug-likeness (QED) is 0.415. The van der Waals surface area contributed by atoms with Gasteiger partial charge in [-0.25, -0.2) is 0 Å². The largest absolute Gasteiger partial charge is 0.351 e. The Bertz CT molecular complexity index is 1240. The molecule has 3 N–H and O–H groups in total. The van der Waals surface area contributed by atoms with Crippen molar-refractivity contribution in [3.8, 4) is 0 Å². The zero-order valence-corrected chi connectivity index (χ0v) is 16.6. The van der Waals surface area contributed by atoms with Crippen molar-refractivity contribution in [3.63, 3.8) is 0 Å². The van der Waals surface area contributed by atoms with E-state index >= 15 is 0 Å². The van der Waals surface area contributed by atoms with E-state index in [0.717, 1.165) is 16.5 Å². The van der Waals surface area contributed by atoms with E-state index in [0.29, 0.717) is 16.3 Å². The minimum atomic E-state index is -0.866. The van der Waals surface area contributed by atoms with Crippen molar-refractivity contribution in [2.45, 2.75) is 12.5 Å². The molecule has 4 rings (SSSR count). The average molecular weight is 420 g/mol. The molecule has 0 radical (unpaired) electrons. The molecule has 1 unspecified atom stereocenters. The number of amides is 1. The molecular weight excluding hydrogens is 402 g/mol. The summed E-state index contributed by atoms with van der Waals surface area (Å²) in [5.41, 5.74) is 1.91. The highest BCUT2D eigenvalue weighted by atomic mass is 35.5. The van der Waals surface area contributed by atoms with E-state index in [1.54, 1.807) is 18.2 Å². The van der Waals surface area contributed by atoms with E-state index in [9.17, 15) is 14.4 Å². The van der Waals surface area contributed by atoms with Crippen molar-refractivity contribution >= 4 is 34.2 Å². The Morgan fingerprint density at radius 3 is 2.50 bits per heavy atom. The number of pyridine rings is 1. The summed E-state index contributed by atoms with van der Waals surface area (Å²) in [5.74, 6) is -0.725. The lowest BCUT2D eigenvalue weighted by Crippen LogP contribution is -2.42. The van der Waals surface area contributed by atoms with Gasteiger partial charge in [0, 0.05) is 40.2 Å². The lowest BCUT2D eigenvalue weighted by atomic mass is 9.98. The second-order valence-corrected chi connectivity index (χ2v) is 7.30. The molecule has 6 nitrogen and oxygen atoms in total. The van der Waals surface area contributed by atoms with Crippen molar-refractivity contribution < 1.29 is 9.59 Å². The van der Waals surface area contributed by atoms with Gasteiger partial charge >= 0.3 is 0 Å². The molecule has 0 saturated carbocycles. The van der Waals surface area contributed by atoms with Crippen LogP contribution in [-0.4, -0.2) is 27.7 Å². The van der Waals surface area contributed by atoms with Gasteiger partial charge in [0.05, 0.1) is 6.04 Å². The van der Waals surface area contributed by atoms with Crippen LogP contribution in [0.1, 0.15) is 26.4 Å². The van der Waals surface area contributed by atoms with Crippen molar-refractivity contribution in [2.75, 3.05) is 0 Å². The van der Waals surface area contributed by atoms with Gasteiger partial charge in [-0.3, -0.25) is 14.4 Å². The molecule has 1 amide bonds. The van der Waals surface area contributed by atoms with Crippen LogP contribution in [0.15, 0.2) is 77.7 Å². The van der Waals surface area contributed by atoms with Crippen LogP contribution in [0.3, 0.4) is 0 Å². The normalized spacial score (nSPS) is 11.9. The zero-order valence-electron chi connectivity index (χ0n) is 15.8. The van der Waals surface area contributed by atoms with Crippen molar-refractivity contribution in [1.29, 1.82) is 0 Å². The third-order valence-corrected chi connectivity index (χ3v) is 5.22. The first-order chi connectivity index (χ1) is 14.5. The summed E-state index contributed by atoms with van der Waals surface area (Å²) in [7, 11) is 0. The number of hydrogen-bond acceptors (Lipinski definition) is 3. The summed E-state index contributed by atoms with van der Waals surface area (Å²) in [4.78, 5) is 42.9. The molecule has 150 valence electrons. The fraction of sp³-hybridized carbons (Fsp3) is 0.0870. The topological polar surface area (TPSA) is 94.8 Å². The van der Waals surface area contributed by atoms with Gasteiger partial charge in [-0.05, 0) is 29.8 Å². The Labute approximate surface area is 176 Å². The van der Waals surface area contributed by atoms with E-state index < -0.39 is 11.9 Å². The number of benzene rings is 2. The number of carbonyl (C=O) groups excluding carboxylic acids is 2. The highest BCUT2D eigenvalue weighted by Gasteiger charge is 2.25. The number of ketones is 1. The van der Waals surface area contributed by atoms with Gasteiger partial charge in [0.15, 0.2) is 5.78 Å². The van der Waals surface area contributed by atoms with E-state index in [4.69, 9.17) is 11.6 Å². The first-order valence-electron chi connectivity index (χ1n) is 9.36. The number of halogens is 1. The van der Waals surface area contributed by atoms with Gasteiger partial charge in [-0.2, -0.15) is 0 Å².